The molecule has 0 aliphatic carbocycles. The maximum absolute atomic E-state index is 12.3. The van der Waals surface area contributed by atoms with Crippen LogP contribution >= 0.6 is 0 Å². The highest BCUT2D eigenvalue weighted by Crippen LogP contribution is 2.16. The number of nitrogens with one attached hydrogen (secondary N) is 5. The van der Waals surface area contributed by atoms with E-state index in [1.807, 2.05) is 30.5 Å². The predicted octanol–water partition coefficient (Wildman–Crippen LogP) is 5.98. The SMILES string of the molecule is CCc1ccc(CN(C(=N)CCc2ccccc2)C(=N)CNC(=O)C2CCCN2)cc1.Cc1c[nH]c2ccccc12. The fourth-order valence-electron chi connectivity index (χ4n) is 4.97. The first-order valence-electron chi connectivity index (χ1n) is 14.5. The molecule has 0 radical (unpaired) electrons. The van der Waals surface area contributed by atoms with Crippen molar-refractivity contribution in [1.82, 2.24) is 20.5 Å². The summed E-state index contributed by atoms with van der Waals surface area (Å²) < 4.78 is 0. The Morgan fingerprint density at radius 3 is 2.32 bits per heavy atom. The van der Waals surface area contributed by atoms with Crippen molar-refractivity contribution in [2.45, 2.75) is 58.5 Å². The zero-order valence-corrected chi connectivity index (χ0v) is 24.2. The molecular formula is C34H42N6O. The number of carbonyl (C=O) groups excluding carboxylic acids is 1. The number of aryl methyl sites for hydroxylation is 3. The molecule has 1 atom stereocenters. The number of aromatic amines is 1. The van der Waals surface area contributed by atoms with Gasteiger partial charge in [0.2, 0.25) is 5.91 Å². The summed E-state index contributed by atoms with van der Waals surface area (Å²) in [6.45, 7) is 5.67. The molecule has 1 aliphatic rings. The highest BCUT2D eigenvalue weighted by atomic mass is 16.2. The van der Waals surface area contributed by atoms with Crippen LogP contribution in [0.4, 0.5) is 0 Å². The van der Waals surface area contributed by atoms with E-state index in [0.717, 1.165) is 37.8 Å². The normalized spacial score (nSPS) is 14.2. The molecule has 0 bridgehead atoms. The highest BCUT2D eigenvalue weighted by molar-refractivity contribution is 6.00. The topological polar surface area (TPSA) is 108 Å². The van der Waals surface area contributed by atoms with E-state index in [9.17, 15) is 4.79 Å². The van der Waals surface area contributed by atoms with Crippen LogP contribution < -0.4 is 10.6 Å². The van der Waals surface area contributed by atoms with E-state index < -0.39 is 0 Å². The van der Waals surface area contributed by atoms with Gasteiger partial charge >= 0.3 is 0 Å². The Hall–Kier alpha value is -4.23. The minimum absolute atomic E-state index is 0.0645. The molecule has 5 rings (SSSR count). The number of aromatic nitrogens is 1. The summed E-state index contributed by atoms with van der Waals surface area (Å²) in [7, 11) is 0. The number of para-hydroxylation sites is 1. The van der Waals surface area contributed by atoms with Crippen molar-refractivity contribution in [3.05, 3.63) is 107 Å². The molecule has 1 saturated heterocycles. The van der Waals surface area contributed by atoms with Gasteiger partial charge in [0.1, 0.15) is 11.7 Å². The van der Waals surface area contributed by atoms with Crippen LogP contribution in [0, 0.1) is 17.7 Å². The first kappa shape index (κ1) is 29.7. The van der Waals surface area contributed by atoms with Crippen molar-refractivity contribution >= 4 is 28.5 Å². The van der Waals surface area contributed by atoms with Gasteiger partial charge < -0.3 is 20.5 Å². The predicted molar refractivity (Wildman–Crippen MR) is 169 cm³/mol. The molecule has 0 spiro atoms. The monoisotopic (exact) mass is 550 g/mol. The van der Waals surface area contributed by atoms with Gasteiger partial charge in [-0.1, -0.05) is 79.7 Å². The van der Waals surface area contributed by atoms with Gasteiger partial charge in [-0.2, -0.15) is 0 Å². The maximum atomic E-state index is 12.3. The van der Waals surface area contributed by atoms with Gasteiger partial charge in [0.25, 0.3) is 0 Å². The molecule has 1 aliphatic heterocycles. The Morgan fingerprint density at radius 2 is 1.63 bits per heavy atom. The Balaban J connectivity index is 0.000000322. The lowest BCUT2D eigenvalue weighted by Crippen LogP contribution is -2.46. The second kappa shape index (κ2) is 15.0. The quantitative estimate of drug-likeness (QED) is 0.131. The van der Waals surface area contributed by atoms with Crippen LogP contribution in [0.25, 0.3) is 10.9 Å². The van der Waals surface area contributed by atoms with Gasteiger partial charge in [0, 0.05) is 23.5 Å². The lowest BCUT2D eigenvalue weighted by molar-refractivity contribution is -0.122. The number of H-pyrrole nitrogens is 1. The zero-order chi connectivity index (χ0) is 29.0. The van der Waals surface area contributed by atoms with Gasteiger partial charge in [-0.15, -0.1) is 0 Å². The molecule has 1 unspecified atom stereocenters. The minimum atomic E-state index is -0.166. The van der Waals surface area contributed by atoms with E-state index in [0.29, 0.717) is 18.8 Å². The van der Waals surface area contributed by atoms with Crippen molar-refractivity contribution in [3.63, 3.8) is 0 Å². The molecule has 4 aromatic rings. The third kappa shape index (κ3) is 8.63. The average molecular weight is 551 g/mol. The van der Waals surface area contributed by atoms with Crippen LogP contribution in [0.5, 0.6) is 0 Å². The molecule has 5 N–H and O–H groups in total. The fraction of sp³-hybridized carbons (Fsp3) is 0.324. The van der Waals surface area contributed by atoms with E-state index in [1.165, 1.54) is 27.6 Å². The number of benzene rings is 3. The molecule has 7 heteroatoms. The summed E-state index contributed by atoms with van der Waals surface area (Å²) in [4.78, 5) is 17.2. The van der Waals surface area contributed by atoms with Gasteiger partial charge in [-0.25, -0.2) is 0 Å². The summed E-state index contributed by atoms with van der Waals surface area (Å²) in [5.41, 5.74) is 6.03. The first-order valence-corrected chi connectivity index (χ1v) is 14.5. The molecule has 1 fully saturated rings. The van der Waals surface area contributed by atoms with Crippen molar-refractivity contribution in [1.29, 1.82) is 10.8 Å². The van der Waals surface area contributed by atoms with Gasteiger partial charge in [0.05, 0.1) is 19.1 Å². The largest absolute Gasteiger partial charge is 0.361 e. The fourth-order valence-corrected chi connectivity index (χ4v) is 4.97. The lowest BCUT2D eigenvalue weighted by Gasteiger charge is -2.26. The second-order valence-corrected chi connectivity index (χ2v) is 10.5. The molecule has 214 valence electrons. The third-order valence-corrected chi connectivity index (χ3v) is 7.52. The first-order chi connectivity index (χ1) is 19.9. The smallest absolute Gasteiger partial charge is 0.237 e. The number of fused-ring (bicyclic) bond motifs is 1. The minimum Gasteiger partial charge on any atom is -0.361 e. The van der Waals surface area contributed by atoms with E-state index in [4.69, 9.17) is 10.8 Å². The number of amidine groups is 2. The van der Waals surface area contributed by atoms with Crippen molar-refractivity contribution in [2.24, 2.45) is 0 Å². The van der Waals surface area contributed by atoms with E-state index in [2.05, 4.69) is 84.1 Å². The van der Waals surface area contributed by atoms with Crippen LogP contribution in [-0.2, 0) is 24.2 Å². The van der Waals surface area contributed by atoms with Crippen LogP contribution in [0.2, 0.25) is 0 Å². The van der Waals surface area contributed by atoms with E-state index in [-0.39, 0.29) is 24.3 Å². The van der Waals surface area contributed by atoms with Crippen LogP contribution in [0.1, 0.15) is 48.4 Å². The van der Waals surface area contributed by atoms with E-state index in [1.54, 1.807) is 4.90 Å². The molecule has 1 aromatic heterocycles. The summed E-state index contributed by atoms with van der Waals surface area (Å²) in [6.07, 6.45) is 6.13. The molecular weight excluding hydrogens is 508 g/mol. The van der Waals surface area contributed by atoms with Crippen molar-refractivity contribution in [3.8, 4) is 0 Å². The number of amides is 1. The van der Waals surface area contributed by atoms with Crippen LogP contribution in [0.3, 0.4) is 0 Å². The van der Waals surface area contributed by atoms with Gasteiger partial charge in [-0.3, -0.25) is 15.6 Å². The number of rotatable bonds is 9. The maximum Gasteiger partial charge on any atom is 0.237 e. The van der Waals surface area contributed by atoms with Crippen molar-refractivity contribution in [2.75, 3.05) is 13.1 Å². The van der Waals surface area contributed by atoms with Crippen LogP contribution in [0.15, 0.2) is 85.1 Å². The van der Waals surface area contributed by atoms with Gasteiger partial charge in [-0.05, 0) is 67.5 Å². The van der Waals surface area contributed by atoms with Crippen molar-refractivity contribution < 1.29 is 4.79 Å². The summed E-state index contributed by atoms with van der Waals surface area (Å²) >= 11 is 0. The zero-order valence-electron chi connectivity index (χ0n) is 24.2. The number of carbonyl (C=O) groups is 1. The molecule has 7 nitrogen and oxygen atoms in total. The van der Waals surface area contributed by atoms with Crippen LogP contribution in [-0.4, -0.2) is 46.6 Å². The molecule has 3 aromatic carbocycles. The standard InChI is InChI=1S/C25H33N5O.C9H9N/c1-2-19-10-12-21(13-11-19)18-30(23(26)15-14-20-7-4-3-5-8-20)24(27)17-29-25(31)22-9-6-16-28-22;1-7-6-10-9-5-3-2-4-8(7)9/h3-5,7-8,10-13,22,26-28H,2,6,9,14-18H2,1H3,(H,29,31);2-6,10H,1H3. The van der Waals surface area contributed by atoms with E-state index >= 15 is 0 Å². The summed E-state index contributed by atoms with van der Waals surface area (Å²) in [6, 6.07) is 26.6. The number of nitrogens with zero attached hydrogens (tertiary/aromatic N) is 1. The Bertz CT molecular complexity index is 1420. The summed E-state index contributed by atoms with van der Waals surface area (Å²) in [5, 5.41) is 24.6. The molecule has 41 heavy (non-hydrogen) atoms. The second-order valence-electron chi connectivity index (χ2n) is 10.5. The molecule has 2 heterocycles. The number of hydrogen-bond acceptors (Lipinski definition) is 4. The number of hydrogen-bond donors (Lipinski definition) is 5. The Labute approximate surface area is 243 Å². The molecule has 1 amide bonds. The Kier molecular flexibility index (Phi) is 10.9. The lowest BCUT2D eigenvalue weighted by atomic mass is 10.1. The summed E-state index contributed by atoms with van der Waals surface area (Å²) in [5.74, 6) is 0.566. The average Bonchev–Trinajstić information content (AvgIpc) is 3.69. The Morgan fingerprint density at radius 1 is 0.927 bits per heavy atom. The molecule has 0 saturated carbocycles. The van der Waals surface area contributed by atoms with Gasteiger partial charge in [0.15, 0.2) is 0 Å². The highest BCUT2D eigenvalue weighted by Gasteiger charge is 2.23. The third-order valence-electron chi connectivity index (χ3n) is 7.52.